The summed E-state index contributed by atoms with van der Waals surface area (Å²) in [6.07, 6.45) is 2.96. The second-order valence-corrected chi connectivity index (χ2v) is 5.49. The number of halogens is 2. The Balaban J connectivity index is 2.07. The fourth-order valence-corrected chi connectivity index (χ4v) is 2.24. The molecule has 0 aliphatic carbocycles. The van der Waals surface area contributed by atoms with Crippen LogP contribution in [-0.4, -0.2) is 36.4 Å². The van der Waals surface area contributed by atoms with Gasteiger partial charge in [-0.1, -0.05) is 23.2 Å². The molecule has 1 N–H and O–H groups in total. The monoisotopic (exact) mass is 327 g/mol. The zero-order chi connectivity index (χ0) is 15.4. The molecule has 2 heterocycles. The van der Waals surface area contributed by atoms with Gasteiger partial charge >= 0.3 is 0 Å². The van der Waals surface area contributed by atoms with Crippen LogP contribution in [-0.2, 0) is 0 Å². The van der Waals surface area contributed by atoms with Crippen molar-refractivity contribution in [1.82, 2.24) is 15.2 Å². The molecule has 0 radical (unpaired) electrons. The van der Waals surface area contributed by atoms with E-state index in [-0.39, 0.29) is 22.1 Å². The van der Waals surface area contributed by atoms with E-state index < -0.39 is 0 Å². The van der Waals surface area contributed by atoms with Crippen molar-refractivity contribution in [2.75, 3.05) is 20.6 Å². The first kappa shape index (κ1) is 15.8. The molecule has 1 atom stereocenters. The van der Waals surface area contributed by atoms with Crippen molar-refractivity contribution < 1.29 is 9.21 Å². The summed E-state index contributed by atoms with van der Waals surface area (Å²) in [4.78, 5) is 18.0. The van der Waals surface area contributed by atoms with Crippen molar-refractivity contribution in [3.05, 3.63) is 52.2 Å². The zero-order valence-corrected chi connectivity index (χ0v) is 13.1. The number of nitrogens with zero attached hydrogens (tertiary/aromatic N) is 2. The highest BCUT2D eigenvalue weighted by Gasteiger charge is 2.19. The number of furan rings is 1. The van der Waals surface area contributed by atoms with Crippen LogP contribution in [0.2, 0.25) is 10.2 Å². The summed E-state index contributed by atoms with van der Waals surface area (Å²) in [6, 6.07) is 5.05. The second kappa shape index (κ2) is 6.93. The molecular formula is C14H15Cl2N3O2. The van der Waals surface area contributed by atoms with E-state index in [0.717, 1.165) is 5.76 Å². The van der Waals surface area contributed by atoms with Gasteiger partial charge in [-0.25, -0.2) is 4.98 Å². The Kier molecular flexibility index (Phi) is 5.22. The van der Waals surface area contributed by atoms with Gasteiger partial charge in [-0.15, -0.1) is 0 Å². The minimum absolute atomic E-state index is 0.0694. The first-order chi connectivity index (χ1) is 9.99. The van der Waals surface area contributed by atoms with Crippen LogP contribution < -0.4 is 5.32 Å². The number of carbonyl (C=O) groups excluding carboxylic acids is 1. The molecule has 5 nitrogen and oxygen atoms in total. The highest BCUT2D eigenvalue weighted by molar-refractivity contribution is 6.35. The van der Waals surface area contributed by atoms with E-state index in [1.165, 1.54) is 12.3 Å². The van der Waals surface area contributed by atoms with Crippen LogP contribution >= 0.6 is 23.2 Å². The van der Waals surface area contributed by atoms with Crippen LogP contribution in [0.3, 0.4) is 0 Å². The van der Waals surface area contributed by atoms with Crippen LogP contribution in [0.1, 0.15) is 22.2 Å². The van der Waals surface area contributed by atoms with Crippen LogP contribution in [0.15, 0.2) is 35.1 Å². The molecule has 2 aromatic heterocycles. The van der Waals surface area contributed by atoms with Crippen LogP contribution in [0.5, 0.6) is 0 Å². The van der Waals surface area contributed by atoms with Crippen molar-refractivity contribution in [2.24, 2.45) is 0 Å². The summed E-state index contributed by atoms with van der Waals surface area (Å²) in [6.45, 7) is 0.385. The third kappa shape index (κ3) is 3.97. The average Bonchev–Trinajstić information content (AvgIpc) is 2.95. The number of hydrogen-bond donors (Lipinski definition) is 1. The lowest BCUT2D eigenvalue weighted by atomic mass is 10.2. The number of hydrogen-bond acceptors (Lipinski definition) is 4. The lowest BCUT2D eigenvalue weighted by Crippen LogP contribution is -2.34. The van der Waals surface area contributed by atoms with Crippen molar-refractivity contribution in [2.45, 2.75) is 6.04 Å². The van der Waals surface area contributed by atoms with Gasteiger partial charge in [-0.05, 0) is 32.3 Å². The predicted molar refractivity (Wildman–Crippen MR) is 81.7 cm³/mol. The van der Waals surface area contributed by atoms with Gasteiger partial charge in [-0.2, -0.15) is 0 Å². The quantitative estimate of drug-likeness (QED) is 0.857. The summed E-state index contributed by atoms with van der Waals surface area (Å²) >= 11 is 11.7. The zero-order valence-electron chi connectivity index (χ0n) is 11.6. The number of nitrogens with one attached hydrogen (secondary N) is 1. The molecule has 0 bridgehead atoms. The third-order valence-electron chi connectivity index (χ3n) is 3.02. The molecule has 7 heteroatoms. The molecular weight excluding hydrogens is 313 g/mol. The van der Waals surface area contributed by atoms with Gasteiger partial charge < -0.3 is 9.73 Å². The Labute approximate surface area is 132 Å². The number of likely N-dealkylation sites (N-methyl/N-ethyl adjacent to an activating group) is 1. The fourth-order valence-electron chi connectivity index (χ4n) is 1.89. The number of carbonyl (C=O) groups is 1. The predicted octanol–water partition coefficient (Wildman–Crippen LogP) is 3.01. The standard InChI is InChI=1S/C14H15Cl2N3O2/c1-19(2)11(12-4-3-5-21-12)8-18-14(20)9-6-13(16)17-7-10(9)15/h3-7,11H,8H2,1-2H3,(H,18,20). The number of amides is 1. The van der Waals surface area contributed by atoms with E-state index in [1.807, 2.05) is 31.1 Å². The summed E-state index contributed by atoms with van der Waals surface area (Å²) in [5, 5.41) is 3.31. The molecule has 2 aromatic rings. The van der Waals surface area contributed by atoms with E-state index >= 15 is 0 Å². The normalized spacial score (nSPS) is 12.4. The number of pyridine rings is 1. The second-order valence-electron chi connectivity index (χ2n) is 4.69. The van der Waals surface area contributed by atoms with E-state index in [4.69, 9.17) is 27.6 Å². The van der Waals surface area contributed by atoms with Gasteiger partial charge in [0.15, 0.2) is 0 Å². The highest BCUT2D eigenvalue weighted by atomic mass is 35.5. The Morgan fingerprint density at radius 2 is 2.24 bits per heavy atom. The summed E-state index contributed by atoms with van der Waals surface area (Å²) in [5.74, 6) is 0.474. The Hall–Kier alpha value is -1.56. The van der Waals surface area contributed by atoms with Crippen molar-refractivity contribution in [3.63, 3.8) is 0 Å². The maximum atomic E-state index is 12.2. The Morgan fingerprint density at radius 3 is 2.86 bits per heavy atom. The summed E-state index contributed by atoms with van der Waals surface area (Å²) in [7, 11) is 3.82. The summed E-state index contributed by atoms with van der Waals surface area (Å²) < 4.78 is 5.39. The van der Waals surface area contributed by atoms with Gasteiger partial charge in [-0.3, -0.25) is 9.69 Å². The maximum Gasteiger partial charge on any atom is 0.253 e. The lowest BCUT2D eigenvalue weighted by Gasteiger charge is -2.22. The first-order valence-corrected chi connectivity index (χ1v) is 7.03. The fraction of sp³-hybridized carbons (Fsp3) is 0.286. The van der Waals surface area contributed by atoms with E-state index in [9.17, 15) is 4.79 Å². The Bertz CT molecular complexity index is 615. The van der Waals surface area contributed by atoms with Crippen LogP contribution in [0.4, 0.5) is 0 Å². The van der Waals surface area contributed by atoms with Gasteiger partial charge in [0.1, 0.15) is 10.9 Å². The van der Waals surface area contributed by atoms with Gasteiger partial charge in [0.05, 0.1) is 22.9 Å². The number of rotatable bonds is 5. The van der Waals surface area contributed by atoms with Crippen LogP contribution in [0.25, 0.3) is 0 Å². The average molecular weight is 328 g/mol. The molecule has 0 spiro atoms. The SMILES string of the molecule is CN(C)C(CNC(=O)c1cc(Cl)ncc1Cl)c1ccco1. The van der Waals surface area contributed by atoms with Gasteiger partial charge in [0.25, 0.3) is 5.91 Å². The largest absolute Gasteiger partial charge is 0.468 e. The van der Waals surface area contributed by atoms with E-state index in [2.05, 4.69) is 10.3 Å². The van der Waals surface area contributed by atoms with E-state index in [0.29, 0.717) is 12.1 Å². The molecule has 0 saturated heterocycles. The topological polar surface area (TPSA) is 58.4 Å². The smallest absolute Gasteiger partial charge is 0.253 e. The maximum absolute atomic E-state index is 12.2. The number of aromatic nitrogens is 1. The van der Waals surface area contributed by atoms with Crippen LogP contribution in [0, 0.1) is 0 Å². The lowest BCUT2D eigenvalue weighted by molar-refractivity contribution is 0.0939. The molecule has 0 aromatic carbocycles. The minimum Gasteiger partial charge on any atom is -0.468 e. The first-order valence-electron chi connectivity index (χ1n) is 6.28. The van der Waals surface area contributed by atoms with E-state index in [1.54, 1.807) is 6.26 Å². The molecule has 0 aliphatic rings. The van der Waals surface area contributed by atoms with Crippen molar-refractivity contribution in [1.29, 1.82) is 0 Å². The molecule has 112 valence electrons. The van der Waals surface area contributed by atoms with Gasteiger partial charge in [0.2, 0.25) is 0 Å². The molecule has 1 unspecified atom stereocenters. The molecule has 2 rings (SSSR count). The Morgan fingerprint density at radius 1 is 1.48 bits per heavy atom. The van der Waals surface area contributed by atoms with Crippen molar-refractivity contribution >= 4 is 29.1 Å². The molecule has 1 amide bonds. The minimum atomic E-state index is -0.303. The molecule has 0 saturated carbocycles. The van der Waals surface area contributed by atoms with Crippen molar-refractivity contribution in [3.8, 4) is 0 Å². The summed E-state index contributed by atoms with van der Waals surface area (Å²) in [5.41, 5.74) is 0.300. The highest BCUT2D eigenvalue weighted by Crippen LogP contribution is 2.20. The van der Waals surface area contributed by atoms with Gasteiger partial charge in [0, 0.05) is 12.7 Å². The molecule has 0 fully saturated rings. The molecule has 0 aliphatic heterocycles. The molecule has 21 heavy (non-hydrogen) atoms. The third-order valence-corrected chi connectivity index (χ3v) is 3.53.